The minimum atomic E-state index is -0.864. The molecular formula is C26H27N5O5. The van der Waals surface area contributed by atoms with Gasteiger partial charge < -0.3 is 15.2 Å². The Morgan fingerprint density at radius 1 is 1.06 bits per heavy atom. The van der Waals surface area contributed by atoms with E-state index in [4.69, 9.17) is 15.2 Å². The number of primary amides is 1. The van der Waals surface area contributed by atoms with Gasteiger partial charge in [-0.15, -0.1) is 0 Å². The number of methoxy groups -OCH3 is 1. The summed E-state index contributed by atoms with van der Waals surface area (Å²) in [6.45, 7) is 5.52. The van der Waals surface area contributed by atoms with E-state index in [0.717, 1.165) is 10.1 Å². The lowest BCUT2D eigenvalue weighted by Gasteiger charge is -2.10. The fourth-order valence-corrected chi connectivity index (χ4v) is 3.99. The first-order chi connectivity index (χ1) is 17.3. The third-order valence-electron chi connectivity index (χ3n) is 5.76. The van der Waals surface area contributed by atoms with Crippen LogP contribution in [-0.2, 0) is 16.1 Å². The summed E-state index contributed by atoms with van der Waals surface area (Å²) in [6.07, 6.45) is 0. The van der Waals surface area contributed by atoms with Crippen molar-refractivity contribution in [3.8, 4) is 22.8 Å². The summed E-state index contributed by atoms with van der Waals surface area (Å²) >= 11 is 0. The molecule has 1 amide bonds. The summed E-state index contributed by atoms with van der Waals surface area (Å²) in [5.74, 6) is -0.573. The van der Waals surface area contributed by atoms with Crippen molar-refractivity contribution >= 4 is 23.0 Å². The van der Waals surface area contributed by atoms with Crippen molar-refractivity contribution in [1.82, 2.24) is 19.1 Å². The molecular weight excluding hydrogens is 462 g/mol. The summed E-state index contributed by atoms with van der Waals surface area (Å²) in [4.78, 5) is 47.7. The molecule has 2 aromatic carbocycles. The Balaban J connectivity index is 2.07. The summed E-state index contributed by atoms with van der Waals surface area (Å²) in [7, 11) is 1.48. The van der Waals surface area contributed by atoms with E-state index in [9.17, 15) is 14.4 Å². The van der Waals surface area contributed by atoms with Crippen LogP contribution in [0.3, 0.4) is 0 Å². The molecule has 0 aliphatic carbocycles. The smallest absolute Gasteiger partial charge is 0.335 e. The molecule has 0 saturated heterocycles. The average molecular weight is 490 g/mol. The number of carbonyl (C=O) groups is 2. The van der Waals surface area contributed by atoms with Gasteiger partial charge in [-0.3, -0.25) is 14.2 Å². The van der Waals surface area contributed by atoms with E-state index in [1.54, 1.807) is 31.2 Å². The molecule has 4 rings (SSSR count). The molecule has 0 unspecified atom stereocenters. The minimum Gasteiger partial charge on any atom is -0.495 e. The number of fused-ring (bicyclic) bond motifs is 1. The van der Waals surface area contributed by atoms with E-state index in [0.29, 0.717) is 22.9 Å². The first-order valence-electron chi connectivity index (χ1n) is 11.5. The number of rotatable bonds is 8. The molecule has 0 aliphatic rings. The quantitative estimate of drug-likeness (QED) is 0.376. The van der Waals surface area contributed by atoms with Gasteiger partial charge in [0.25, 0.3) is 5.91 Å². The Kier molecular flexibility index (Phi) is 6.86. The number of hydrogen-bond acceptors (Lipinski definition) is 7. The second-order valence-electron chi connectivity index (χ2n) is 8.39. The Bertz CT molecular complexity index is 1500. The number of para-hydroxylation sites is 2. The van der Waals surface area contributed by atoms with Gasteiger partial charge in [-0.1, -0.05) is 50.2 Å². The molecule has 0 radical (unpaired) electrons. The van der Waals surface area contributed by atoms with Crippen LogP contribution in [-0.4, -0.2) is 44.7 Å². The standard InChI is InChI=1S/C26H27N5O5/c1-5-36-20(32)14-30-22-21(23(27)33)28-24(17-12-10-16(11-13-17)15(2)3)29-25(22)31(26(30)34)18-8-6-7-9-19(18)35-4/h6-13,15H,5,14H2,1-4H3,(H2,27,33). The number of carbonyl (C=O) groups excluding carboxylic acids is 2. The molecule has 10 nitrogen and oxygen atoms in total. The van der Waals surface area contributed by atoms with Crippen LogP contribution in [0.1, 0.15) is 42.7 Å². The van der Waals surface area contributed by atoms with Crippen molar-refractivity contribution in [2.24, 2.45) is 5.73 Å². The maximum atomic E-state index is 13.7. The van der Waals surface area contributed by atoms with Crippen molar-refractivity contribution < 1.29 is 19.1 Å². The van der Waals surface area contributed by atoms with Gasteiger partial charge in [-0.05, 0) is 30.5 Å². The van der Waals surface area contributed by atoms with Crippen LogP contribution >= 0.6 is 0 Å². The maximum absolute atomic E-state index is 13.7. The molecule has 0 atom stereocenters. The number of esters is 1. The van der Waals surface area contributed by atoms with Crippen LogP contribution in [0.25, 0.3) is 28.2 Å². The van der Waals surface area contributed by atoms with Gasteiger partial charge in [-0.2, -0.15) is 0 Å². The third kappa shape index (κ3) is 4.45. The molecule has 0 fully saturated rings. The second kappa shape index (κ2) is 10.0. The molecule has 0 aliphatic heterocycles. The van der Waals surface area contributed by atoms with Crippen LogP contribution in [0.5, 0.6) is 5.75 Å². The summed E-state index contributed by atoms with van der Waals surface area (Å²) < 4.78 is 12.9. The first-order valence-corrected chi connectivity index (χ1v) is 11.5. The number of hydrogen-bond donors (Lipinski definition) is 1. The maximum Gasteiger partial charge on any atom is 0.335 e. The summed E-state index contributed by atoms with van der Waals surface area (Å²) in [5, 5.41) is 0. The zero-order valence-corrected chi connectivity index (χ0v) is 20.5. The Labute approximate surface area is 207 Å². The number of ether oxygens (including phenoxy) is 2. The number of benzene rings is 2. The largest absolute Gasteiger partial charge is 0.495 e. The normalized spacial score (nSPS) is 11.1. The van der Waals surface area contributed by atoms with Crippen LogP contribution in [0, 0.1) is 0 Å². The van der Waals surface area contributed by atoms with Gasteiger partial charge in [0.1, 0.15) is 17.8 Å². The Hall–Kier alpha value is -4.47. The summed E-state index contributed by atoms with van der Waals surface area (Å²) in [5.41, 5.74) is 7.20. The molecule has 4 aromatic rings. The predicted molar refractivity (Wildman–Crippen MR) is 134 cm³/mol. The predicted octanol–water partition coefficient (Wildman–Crippen LogP) is 3.04. The number of imidazole rings is 1. The van der Waals surface area contributed by atoms with E-state index in [-0.39, 0.29) is 29.3 Å². The van der Waals surface area contributed by atoms with Gasteiger partial charge in [0.15, 0.2) is 17.2 Å². The molecule has 10 heteroatoms. The molecule has 0 spiro atoms. The molecule has 0 bridgehead atoms. The van der Waals surface area contributed by atoms with Crippen molar-refractivity contribution in [1.29, 1.82) is 0 Å². The van der Waals surface area contributed by atoms with Crippen LogP contribution in [0.4, 0.5) is 0 Å². The number of amides is 1. The van der Waals surface area contributed by atoms with E-state index >= 15 is 0 Å². The van der Waals surface area contributed by atoms with Crippen molar-refractivity contribution in [2.75, 3.05) is 13.7 Å². The number of nitrogens with two attached hydrogens (primary N) is 1. The number of nitrogens with zero attached hydrogens (tertiary/aromatic N) is 4. The van der Waals surface area contributed by atoms with Crippen LogP contribution in [0.15, 0.2) is 53.3 Å². The Morgan fingerprint density at radius 2 is 1.75 bits per heavy atom. The van der Waals surface area contributed by atoms with E-state index < -0.39 is 24.1 Å². The second-order valence-corrected chi connectivity index (χ2v) is 8.39. The van der Waals surface area contributed by atoms with E-state index in [2.05, 4.69) is 23.8 Å². The lowest BCUT2D eigenvalue weighted by atomic mass is 10.0. The average Bonchev–Trinajstić information content (AvgIpc) is 3.14. The highest BCUT2D eigenvalue weighted by Gasteiger charge is 2.26. The molecule has 186 valence electrons. The van der Waals surface area contributed by atoms with Gasteiger partial charge in [0, 0.05) is 5.56 Å². The van der Waals surface area contributed by atoms with Crippen molar-refractivity contribution in [2.45, 2.75) is 33.2 Å². The van der Waals surface area contributed by atoms with Gasteiger partial charge in [0.2, 0.25) is 0 Å². The van der Waals surface area contributed by atoms with Gasteiger partial charge in [0.05, 0.1) is 19.4 Å². The Morgan fingerprint density at radius 3 is 2.36 bits per heavy atom. The zero-order valence-electron chi connectivity index (χ0n) is 20.5. The van der Waals surface area contributed by atoms with Crippen LogP contribution in [0.2, 0.25) is 0 Å². The van der Waals surface area contributed by atoms with Crippen LogP contribution < -0.4 is 16.2 Å². The molecule has 2 aromatic heterocycles. The van der Waals surface area contributed by atoms with Gasteiger partial charge >= 0.3 is 11.7 Å². The highest BCUT2D eigenvalue weighted by molar-refractivity contribution is 6.02. The van der Waals surface area contributed by atoms with E-state index in [1.807, 2.05) is 24.3 Å². The topological polar surface area (TPSA) is 131 Å². The monoisotopic (exact) mass is 489 g/mol. The highest BCUT2D eigenvalue weighted by Crippen LogP contribution is 2.28. The lowest BCUT2D eigenvalue weighted by molar-refractivity contribution is -0.143. The summed E-state index contributed by atoms with van der Waals surface area (Å²) in [6, 6.07) is 14.5. The van der Waals surface area contributed by atoms with Gasteiger partial charge in [-0.25, -0.2) is 19.3 Å². The number of aromatic nitrogens is 4. The molecule has 2 heterocycles. The molecule has 0 saturated carbocycles. The fourth-order valence-electron chi connectivity index (χ4n) is 3.99. The molecule has 2 N–H and O–H groups in total. The zero-order chi connectivity index (χ0) is 26.0. The lowest BCUT2D eigenvalue weighted by Crippen LogP contribution is -2.28. The van der Waals surface area contributed by atoms with Crippen molar-refractivity contribution in [3.05, 3.63) is 70.3 Å². The highest BCUT2D eigenvalue weighted by atomic mass is 16.5. The SMILES string of the molecule is CCOC(=O)Cn1c(=O)n(-c2ccccc2OC)c2nc(-c3ccc(C(C)C)cc3)nc(C(N)=O)c21. The first kappa shape index (κ1) is 24.6. The van der Waals surface area contributed by atoms with E-state index in [1.165, 1.54) is 11.7 Å². The van der Waals surface area contributed by atoms with Crippen molar-refractivity contribution in [3.63, 3.8) is 0 Å². The molecule has 36 heavy (non-hydrogen) atoms. The fraction of sp³-hybridized carbons (Fsp3) is 0.269. The third-order valence-corrected chi connectivity index (χ3v) is 5.76. The minimum absolute atomic E-state index is 0.0361.